The van der Waals surface area contributed by atoms with Crippen molar-refractivity contribution in [1.29, 1.82) is 0 Å². The highest BCUT2D eigenvalue weighted by Gasteiger charge is 2.14. The zero-order valence-electron chi connectivity index (χ0n) is 35.8. The number of aromatic nitrogens is 2. The van der Waals surface area contributed by atoms with Crippen molar-refractivity contribution in [3.05, 3.63) is 270 Å². The van der Waals surface area contributed by atoms with Crippen LogP contribution in [0.3, 0.4) is 0 Å². The summed E-state index contributed by atoms with van der Waals surface area (Å²) in [6.07, 6.45) is 0.918. The van der Waals surface area contributed by atoms with Crippen LogP contribution in [0.4, 0.5) is 5.69 Å². The van der Waals surface area contributed by atoms with E-state index in [-0.39, 0.29) is 0 Å². The third-order valence-electron chi connectivity index (χ3n) is 11.9. The molecule has 10 aromatic carbocycles. The van der Waals surface area contributed by atoms with Crippen LogP contribution in [0.15, 0.2) is 259 Å². The summed E-state index contributed by atoms with van der Waals surface area (Å²) in [5.74, 6) is 0. The van der Waals surface area contributed by atoms with Gasteiger partial charge in [0, 0.05) is 43.1 Å². The molecule has 0 radical (unpaired) electrons. The van der Waals surface area contributed by atoms with Crippen LogP contribution in [0.25, 0.3) is 77.2 Å². The summed E-state index contributed by atoms with van der Waals surface area (Å²) < 4.78 is 5.80. The number of nitrogens with zero attached hydrogens (tertiary/aromatic N) is 2. The molecule has 0 unspecified atom stereocenters. The fourth-order valence-corrected chi connectivity index (χ4v) is 9.12. The zero-order chi connectivity index (χ0) is 44.0. The van der Waals surface area contributed by atoms with E-state index in [4.69, 9.17) is 5.73 Å². The van der Waals surface area contributed by atoms with Crippen LogP contribution in [0.2, 0.25) is 0 Å². The molecule has 4 heteroatoms. The molecule has 12 rings (SSSR count). The first kappa shape index (κ1) is 41.1. The molecule has 312 valence electrons. The normalized spacial score (nSPS) is 11.0. The molecule has 2 aromatic heterocycles. The molecule has 0 bridgehead atoms. The summed E-state index contributed by atoms with van der Waals surface area (Å²) in [7, 11) is 0. The summed E-state index contributed by atoms with van der Waals surface area (Å²) >= 11 is 3.58. The lowest BCUT2D eigenvalue weighted by Gasteiger charge is -2.09. The van der Waals surface area contributed by atoms with Gasteiger partial charge in [0.05, 0.1) is 22.1 Å². The van der Waals surface area contributed by atoms with E-state index in [1.807, 2.05) is 48.5 Å². The van der Waals surface area contributed by atoms with Gasteiger partial charge in [0.2, 0.25) is 0 Å². The first-order valence-corrected chi connectivity index (χ1v) is 22.7. The van der Waals surface area contributed by atoms with Crippen molar-refractivity contribution in [3.8, 4) is 33.6 Å². The third kappa shape index (κ3) is 8.86. The number of anilines is 1. The Morgan fingerprint density at radius 3 is 1.18 bits per heavy atom. The van der Waals surface area contributed by atoms with Crippen molar-refractivity contribution in [2.45, 2.75) is 6.42 Å². The number of benzene rings is 10. The minimum atomic E-state index is 0.805. The van der Waals surface area contributed by atoms with Gasteiger partial charge in [-0.15, -0.1) is 0 Å². The zero-order valence-corrected chi connectivity index (χ0v) is 37.4. The fraction of sp³-hybridized carbons (Fsp3) is 0.0164. The maximum Gasteiger partial charge on any atom is 0.0552 e. The highest BCUT2D eigenvalue weighted by atomic mass is 79.9. The molecular weight excluding hydrogens is 855 g/mol. The molecule has 3 nitrogen and oxygen atoms in total. The molecule has 0 aliphatic carbocycles. The standard InChI is InChI=1S/C31H23N.C18H12BrN.C12H11N/c1-3-9-25(10-4-1)26-18-15-23(16-19-26)21-24-17-20-29-28-13-7-8-14-30(28)32(31(29)22-24)27-11-5-2-6-12-27;19-13-10-11-16-15-8-4-5-9-17(15)20(18(16)12-13)14-6-2-1-3-7-14;13-12-8-6-11(7-9-12)10-4-2-1-3-5-10/h1-20,22H,21H2;1-12H;1-9H,13H2. The van der Waals surface area contributed by atoms with Crippen LogP contribution in [-0.2, 0) is 6.42 Å². The number of nitrogens with two attached hydrogens (primary N) is 1. The lowest BCUT2D eigenvalue weighted by Crippen LogP contribution is -1.94. The maximum absolute atomic E-state index is 5.60. The van der Waals surface area contributed by atoms with Crippen molar-refractivity contribution in [2.75, 3.05) is 5.73 Å². The number of halogens is 1. The summed E-state index contributed by atoms with van der Waals surface area (Å²) in [5, 5.41) is 5.17. The van der Waals surface area contributed by atoms with Crippen LogP contribution in [0.1, 0.15) is 11.1 Å². The molecule has 0 saturated carbocycles. The second-order valence-electron chi connectivity index (χ2n) is 16.1. The predicted molar refractivity (Wildman–Crippen MR) is 280 cm³/mol. The number of hydrogen-bond acceptors (Lipinski definition) is 1. The van der Waals surface area contributed by atoms with E-state index in [1.165, 1.54) is 88.4 Å². The Labute approximate surface area is 388 Å². The van der Waals surface area contributed by atoms with Crippen molar-refractivity contribution in [3.63, 3.8) is 0 Å². The van der Waals surface area contributed by atoms with Crippen LogP contribution >= 0.6 is 15.9 Å². The van der Waals surface area contributed by atoms with E-state index in [0.29, 0.717) is 0 Å². The molecule has 0 atom stereocenters. The number of nitrogen functional groups attached to an aromatic ring is 1. The largest absolute Gasteiger partial charge is 0.399 e. The highest BCUT2D eigenvalue weighted by molar-refractivity contribution is 9.10. The summed E-state index contributed by atoms with van der Waals surface area (Å²) in [6, 6.07) is 89.4. The number of rotatable bonds is 6. The molecular formula is C61H46BrN3. The first-order valence-electron chi connectivity index (χ1n) is 21.9. The fourth-order valence-electron chi connectivity index (χ4n) is 8.77. The summed E-state index contributed by atoms with van der Waals surface area (Å²) in [5.41, 5.74) is 21.4. The lowest BCUT2D eigenvalue weighted by atomic mass is 9.99. The van der Waals surface area contributed by atoms with E-state index < -0.39 is 0 Å². The van der Waals surface area contributed by atoms with E-state index in [0.717, 1.165) is 16.6 Å². The molecule has 2 heterocycles. The molecule has 0 aliphatic heterocycles. The third-order valence-corrected chi connectivity index (χ3v) is 12.4. The Kier molecular flexibility index (Phi) is 11.9. The SMILES string of the molecule is Brc1ccc2c3ccccc3n(-c3ccccc3)c2c1.Nc1ccc(-c2ccccc2)cc1.c1ccc(-c2ccc(Cc3ccc4c5ccccc5n(-c5ccccc5)c4c3)cc2)cc1. The van der Waals surface area contributed by atoms with Crippen molar-refractivity contribution in [2.24, 2.45) is 0 Å². The van der Waals surface area contributed by atoms with Crippen molar-refractivity contribution >= 4 is 65.2 Å². The Hall–Kier alpha value is -7.92. The average Bonchev–Trinajstić information content (AvgIpc) is 3.88. The van der Waals surface area contributed by atoms with Gasteiger partial charge in [-0.25, -0.2) is 0 Å². The summed E-state index contributed by atoms with van der Waals surface area (Å²) in [6.45, 7) is 0. The highest BCUT2D eigenvalue weighted by Crippen LogP contribution is 2.35. The topological polar surface area (TPSA) is 35.9 Å². The van der Waals surface area contributed by atoms with Crippen LogP contribution in [0, 0.1) is 0 Å². The molecule has 12 aromatic rings. The number of fused-ring (bicyclic) bond motifs is 6. The number of para-hydroxylation sites is 4. The van der Waals surface area contributed by atoms with Gasteiger partial charge < -0.3 is 14.9 Å². The van der Waals surface area contributed by atoms with E-state index in [2.05, 4.69) is 231 Å². The second-order valence-corrected chi connectivity index (χ2v) is 17.0. The molecule has 0 saturated heterocycles. The van der Waals surface area contributed by atoms with Crippen LogP contribution in [-0.4, -0.2) is 9.13 Å². The summed E-state index contributed by atoms with van der Waals surface area (Å²) in [4.78, 5) is 0. The molecule has 0 aliphatic rings. The maximum atomic E-state index is 5.60. The monoisotopic (exact) mass is 899 g/mol. The first-order chi connectivity index (χ1) is 32.1. The van der Waals surface area contributed by atoms with Crippen molar-refractivity contribution in [1.82, 2.24) is 9.13 Å². The quantitative estimate of drug-likeness (QED) is 0.166. The molecule has 0 fully saturated rings. The lowest BCUT2D eigenvalue weighted by molar-refractivity contribution is 1.16. The Balaban J connectivity index is 0.000000128. The Bertz CT molecular complexity index is 3490. The van der Waals surface area contributed by atoms with Crippen LogP contribution in [0.5, 0.6) is 0 Å². The van der Waals surface area contributed by atoms with Crippen molar-refractivity contribution < 1.29 is 0 Å². The molecule has 2 N–H and O–H groups in total. The molecule has 0 spiro atoms. The predicted octanol–water partition coefficient (Wildman–Crippen LogP) is 16.5. The number of hydrogen-bond donors (Lipinski definition) is 1. The van der Waals surface area contributed by atoms with Gasteiger partial charge in [0.25, 0.3) is 0 Å². The second kappa shape index (κ2) is 18.8. The van der Waals surface area contributed by atoms with E-state index in [9.17, 15) is 0 Å². The van der Waals surface area contributed by atoms with Gasteiger partial charge >= 0.3 is 0 Å². The van der Waals surface area contributed by atoms with E-state index >= 15 is 0 Å². The smallest absolute Gasteiger partial charge is 0.0552 e. The Morgan fingerprint density at radius 1 is 0.308 bits per heavy atom. The Morgan fingerprint density at radius 2 is 0.677 bits per heavy atom. The average molecular weight is 901 g/mol. The van der Waals surface area contributed by atoms with Gasteiger partial charge in [-0.3, -0.25) is 0 Å². The van der Waals surface area contributed by atoms with Gasteiger partial charge in [0.15, 0.2) is 0 Å². The molecule has 0 amide bonds. The van der Waals surface area contributed by atoms with Gasteiger partial charge in [0.1, 0.15) is 0 Å². The molecule has 65 heavy (non-hydrogen) atoms. The van der Waals surface area contributed by atoms with Gasteiger partial charge in [-0.2, -0.15) is 0 Å². The van der Waals surface area contributed by atoms with Crippen LogP contribution < -0.4 is 5.73 Å². The van der Waals surface area contributed by atoms with Gasteiger partial charge in [-0.1, -0.05) is 204 Å². The minimum absolute atomic E-state index is 0.805. The van der Waals surface area contributed by atoms with Gasteiger partial charge in [-0.05, 0) is 107 Å². The van der Waals surface area contributed by atoms with E-state index in [1.54, 1.807) is 0 Å². The minimum Gasteiger partial charge on any atom is -0.399 e.